The van der Waals surface area contributed by atoms with Crippen LogP contribution >= 0.6 is 11.3 Å². The van der Waals surface area contributed by atoms with E-state index in [9.17, 15) is 20.1 Å². The first kappa shape index (κ1) is 15.9. The fraction of sp³-hybridized carbons (Fsp3) is 0.615. The van der Waals surface area contributed by atoms with E-state index in [1.54, 1.807) is 0 Å². The maximum Gasteiger partial charge on any atom is 0.306 e. The molecule has 10 nitrogen and oxygen atoms in total. The molecular weight excluding hydrogens is 340 g/mol. The molecule has 1 saturated heterocycles. The summed E-state index contributed by atoms with van der Waals surface area (Å²) >= 11 is 0.874. The van der Waals surface area contributed by atoms with Crippen molar-refractivity contribution >= 4 is 21.7 Å². The van der Waals surface area contributed by atoms with Crippen LogP contribution in [0.15, 0.2) is 4.79 Å². The summed E-state index contributed by atoms with van der Waals surface area (Å²) < 4.78 is 18.5. The molecule has 24 heavy (non-hydrogen) atoms. The largest absolute Gasteiger partial charge is 0.477 e. The molecule has 1 aliphatic heterocycles. The van der Waals surface area contributed by atoms with Crippen molar-refractivity contribution in [3.8, 4) is 5.88 Å². The van der Waals surface area contributed by atoms with E-state index in [0.29, 0.717) is 11.1 Å². The maximum absolute atomic E-state index is 11.6. The molecule has 2 unspecified atom stereocenters. The minimum absolute atomic E-state index is 0.0166. The number of hydrogen-bond donors (Lipinski definition) is 5. The van der Waals surface area contributed by atoms with E-state index in [4.69, 9.17) is 16.6 Å². The molecule has 0 radical (unpaired) electrons. The van der Waals surface area contributed by atoms with Gasteiger partial charge in [-0.3, -0.25) is 9.78 Å². The monoisotopic (exact) mass is 359 g/mol. The van der Waals surface area contributed by atoms with Crippen LogP contribution in [0.25, 0.3) is 10.3 Å². The minimum atomic E-state index is -1.49. The molecule has 5 atom stereocenters. The Bertz CT molecular complexity index is 798. The number of aliphatic hydroxyl groups excluding tert-OH is 3. The number of aromatic amines is 1. The van der Waals surface area contributed by atoms with Gasteiger partial charge in [0.2, 0.25) is 5.88 Å². The van der Waals surface area contributed by atoms with Gasteiger partial charge in [-0.25, -0.2) is 4.98 Å². The van der Waals surface area contributed by atoms with E-state index in [1.165, 1.54) is 0 Å². The Balaban J connectivity index is 1.97. The van der Waals surface area contributed by atoms with Crippen molar-refractivity contribution in [1.29, 1.82) is 0 Å². The molecule has 1 fully saturated rings. The molecule has 0 amide bonds. The summed E-state index contributed by atoms with van der Waals surface area (Å²) in [5.41, 5.74) is 5.54. The number of nitrogens with one attached hydrogen (secondary N) is 1. The van der Waals surface area contributed by atoms with Crippen LogP contribution in [0.5, 0.6) is 5.88 Å². The fourth-order valence-corrected chi connectivity index (χ4v) is 3.15. The molecule has 1 aliphatic rings. The Hall–Kier alpha value is -1.63. The molecule has 0 bridgehead atoms. The summed E-state index contributed by atoms with van der Waals surface area (Å²) in [4.78, 5) is 22.1. The Morgan fingerprint density at radius 3 is 2.96 bits per heavy atom. The average molecular weight is 359 g/mol. The van der Waals surface area contributed by atoms with E-state index < -0.39 is 30.6 Å². The molecule has 3 rings (SSSR count). The van der Waals surface area contributed by atoms with Crippen LogP contribution in [-0.4, -0.2) is 61.4 Å². The third-order valence-corrected chi connectivity index (χ3v) is 4.40. The van der Waals surface area contributed by atoms with Crippen molar-refractivity contribution in [2.24, 2.45) is 5.73 Å². The molecule has 3 heterocycles. The zero-order chi connectivity index (χ0) is 18.1. The average Bonchev–Trinajstić information content (AvgIpc) is 3.08. The lowest BCUT2D eigenvalue weighted by molar-refractivity contribution is -0.0649. The lowest BCUT2D eigenvalue weighted by Crippen LogP contribution is -2.43. The van der Waals surface area contributed by atoms with E-state index in [-0.39, 0.29) is 35.7 Å². The van der Waals surface area contributed by atoms with Gasteiger partial charge in [-0.15, -0.1) is 0 Å². The molecule has 0 aliphatic carbocycles. The third-order valence-electron chi connectivity index (χ3n) is 3.54. The predicted molar refractivity (Wildman–Crippen MR) is 83.6 cm³/mol. The smallest absolute Gasteiger partial charge is 0.306 e. The van der Waals surface area contributed by atoms with Gasteiger partial charge in [0.25, 0.3) is 0 Å². The van der Waals surface area contributed by atoms with Crippen molar-refractivity contribution in [2.75, 3.05) is 6.61 Å². The highest BCUT2D eigenvalue weighted by atomic mass is 32.1. The first-order chi connectivity index (χ1) is 11.9. The van der Waals surface area contributed by atoms with E-state index in [0.717, 1.165) is 11.3 Å². The lowest BCUT2D eigenvalue weighted by Gasteiger charge is -2.16. The second kappa shape index (κ2) is 6.70. The number of thiazole rings is 1. The molecule has 11 heteroatoms. The van der Waals surface area contributed by atoms with Crippen molar-refractivity contribution in [3.05, 3.63) is 15.5 Å². The number of rotatable bonds is 5. The number of nitrogens with two attached hydrogens (primary N) is 1. The lowest BCUT2D eigenvalue weighted by atomic mass is 10.1. The van der Waals surface area contributed by atoms with Gasteiger partial charge >= 0.3 is 4.87 Å². The number of ether oxygens (including phenoxy) is 2. The fourth-order valence-electron chi connectivity index (χ4n) is 2.43. The van der Waals surface area contributed by atoms with Crippen LogP contribution in [0.3, 0.4) is 0 Å². The second-order valence-corrected chi connectivity index (χ2v) is 6.26. The Labute approximate surface area is 141 Å². The van der Waals surface area contributed by atoms with Crippen LogP contribution in [0.2, 0.25) is 0 Å². The highest BCUT2D eigenvalue weighted by molar-refractivity contribution is 7.16. The Kier molecular flexibility index (Phi) is 4.43. The molecule has 2 aromatic rings. The van der Waals surface area contributed by atoms with Crippen molar-refractivity contribution in [1.82, 2.24) is 15.0 Å². The second-order valence-electron chi connectivity index (χ2n) is 5.27. The van der Waals surface area contributed by atoms with E-state index in [2.05, 4.69) is 15.0 Å². The summed E-state index contributed by atoms with van der Waals surface area (Å²) in [6.07, 6.45) is -6.20. The van der Waals surface area contributed by atoms with Gasteiger partial charge in [0.15, 0.2) is 11.5 Å². The maximum atomic E-state index is 11.6. The van der Waals surface area contributed by atoms with Gasteiger partial charge in [0, 0.05) is 1.37 Å². The molecule has 0 aromatic carbocycles. The summed E-state index contributed by atoms with van der Waals surface area (Å²) in [7, 11) is 0. The van der Waals surface area contributed by atoms with Gasteiger partial charge in [-0.2, -0.15) is 4.98 Å². The molecular formula is C13H18N4O6S. The van der Waals surface area contributed by atoms with Gasteiger partial charge in [-0.05, 0) is 6.42 Å². The summed E-state index contributed by atoms with van der Waals surface area (Å²) in [5, 5.41) is 29.5. The zero-order valence-corrected chi connectivity index (χ0v) is 13.3. The molecule has 0 saturated carbocycles. The van der Waals surface area contributed by atoms with Crippen LogP contribution in [0.4, 0.5) is 0 Å². The number of hydrogen-bond acceptors (Lipinski definition) is 10. The van der Waals surface area contributed by atoms with Crippen molar-refractivity contribution in [3.63, 3.8) is 0 Å². The quantitative estimate of drug-likeness (QED) is 0.319. The summed E-state index contributed by atoms with van der Waals surface area (Å²) in [6.45, 7) is 0.402. The molecule has 6 N–H and O–H groups in total. The highest BCUT2D eigenvalue weighted by Crippen LogP contribution is 2.35. The number of nitrogens with zero attached hydrogens (tertiary/aromatic N) is 2. The molecule has 132 valence electrons. The van der Waals surface area contributed by atoms with Crippen LogP contribution in [-0.2, 0) is 4.74 Å². The highest BCUT2D eigenvalue weighted by Gasteiger charge is 2.47. The van der Waals surface area contributed by atoms with Crippen LogP contribution in [0, 0.1) is 0 Å². The SMILES string of the molecule is [2H]CCCOc1nc(C2O[C@H](C(N)O)[C@@H](O)[C@H]2O)nc2[nH]c(=O)sc12. The van der Waals surface area contributed by atoms with Gasteiger partial charge in [0.1, 0.15) is 35.3 Å². The Morgan fingerprint density at radius 1 is 1.50 bits per heavy atom. The van der Waals surface area contributed by atoms with Crippen molar-refractivity contribution < 1.29 is 26.2 Å². The van der Waals surface area contributed by atoms with Crippen LogP contribution < -0.4 is 15.3 Å². The molecule has 2 aromatic heterocycles. The predicted octanol–water partition coefficient (Wildman–Crippen LogP) is -1.39. The number of aromatic nitrogens is 3. The summed E-state index contributed by atoms with van der Waals surface area (Å²) in [6, 6.07) is 0. The Morgan fingerprint density at radius 2 is 2.29 bits per heavy atom. The van der Waals surface area contributed by atoms with Gasteiger partial charge in [-0.1, -0.05) is 18.2 Å². The minimum Gasteiger partial charge on any atom is -0.477 e. The number of aliphatic hydroxyl groups is 3. The first-order valence-electron chi connectivity index (χ1n) is 7.91. The first-order valence-corrected chi connectivity index (χ1v) is 8.02. The topological polar surface area (TPSA) is 164 Å². The molecule has 0 spiro atoms. The van der Waals surface area contributed by atoms with Gasteiger partial charge in [0.05, 0.1) is 6.61 Å². The normalized spacial score (nSPS) is 28.9. The van der Waals surface area contributed by atoms with Crippen molar-refractivity contribution in [2.45, 2.75) is 44.0 Å². The van der Waals surface area contributed by atoms with Gasteiger partial charge < -0.3 is 30.5 Å². The van der Waals surface area contributed by atoms with E-state index in [1.807, 2.05) is 0 Å². The summed E-state index contributed by atoms with van der Waals surface area (Å²) in [5.74, 6) is 0.107. The van der Waals surface area contributed by atoms with E-state index >= 15 is 0 Å². The zero-order valence-electron chi connectivity index (χ0n) is 13.5. The number of H-pyrrole nitrogens is 1. The van der Waals surface area contributed by atoms with Crippen LogP contribution in [0.1, 0.15) is 26.6 Å². The standard InChI is InChI=1S/C13H18N4O6S/c1-2-3-22-12-8-11(17-13(21)24-8)15-10(16-12)7-5(19)4(18)6(23-7)9(14)20/h4-7,9,18-20H,2-3,14H2,1H3,(H,15,16,17,21)/t4-,5+,6-,7?,9?/m0/s1/i1D. The number of fused-ring (bicyclic) bond motifs is 1. The third kappa shape index (κ3) is 3.01.